The van der Waals surface area contributed by atoms with E-state index in [4.69, 9.17) is 0 Å². The maximum atomic E-state index is 12.1. The summed E-state index contributed by atoms with van der Waals surface area (Å²) in [6.07, 6.45) is 6.48. The molecule has 0 bridgehead atoms. The van der Waals surface area contributed by atoms with Gasteiger partial charge in [0, 0.05) is 0 Å². The van der Waals surface area contributed by atoms with Crippen molar-refractivity contribution in [2.45, 2.75) is 63.0 Å². The van der Waals surface area contributed by atoms with Crippen molar-refractivity contribution in [2.24, 2.45) is 5.92 Å². The maximum Gasteiger partial charge on any atom is 0.226 e. The molecule has 17 heavy (non-hydrogen) atoms. The van der Waals surface area contributed by atoms with Crippen molar-refractivity contribution < 1.29 is 9.90 Å². The predicted molar refractivity (Wildman–Crippen MR) is 62.9 cm³/mol. The zero-order valence-corrected chi connectivity index (χ0v) is 10.1. The van der Waals surface area contributed by atoms with Crippen LogP contribution in [0.1, 0.15) is 51.4 Å². The summed E-state index contributed by atoms with van der Waals surface area (Å²) in [5.74, 6) is -0.430. The number of carbonyl (C=O) groups is 1. The second kappa shape index (κ2) is 5.05. The van der Waals surface area contributed by atoms with Gasteiger partial charge in [-0.05, 0) is 32.1 Å². The van der Waals surface area contributed by atoms with Gasteiger partial charge in [0.15, 0.2) is 0 Å². The number of rotatable bonds is 2. The van der Waals surface area contributed by atoms with E-state index in [0.717, 1.165) is 44.9 Å². The summed E-state index contributed by atoms with van der Waals surface area (Å²) in [5, 5.41) is 21.9. The lowest BCUT2D eigenvalue weighted by Gasteiger charge is -2.32. The molecule has 2 unspecified atom stereocenters. The van der Waals surface area contributed by atoms with Crippen LogP contribution in [0.15, 0.2) is 0 Å². The van der Waals surface area contributed by atoms with E-state index in [2.05, 4.69) is 11.4 Å². The third-order valence-electron chi connectivity index (χ3n) is 4.10. The van der Waals surface area contributed by atoms with Gasteiger partial charge in [0.25, 0.3) is 0 Å². The molecule has 2 atom stereocenters. The fourth-order valence-electron chi connectivity index (χ4n) is 2.99. The lowest BCUT2D eigenvalue weighted by atomic mass is 9.82. The first-order chi connectivity index (χ1) is 8.17. The second-order valence-electron chi connectivity index (χ2n) is 5.35. The average molecular weight is 236 g/mol. The number of hydrogen-bond acceptors (Lipinski definition) is 3. The van der Waals surface area contributed by atoms with Crippen LogP contribution in [-0.4, -0.2) is 22.7 Å². The van der Waals surface area contributed by atoms with E-state index in [1.165, 1.54) is 0 Å². The van der Waals surface area contributed by atoms with Crippen LogP contribution < -0.4 is 5.32 Å². The highest BCUT2D eigenvalue weighted by Crippen LogP contribution is 2.30. The lowest BCUT2D eigenvalue weighted by molar-refractivity contribution is -0.129. The van der Waals surface area contributed by atoms with E-state index >= 15 is 0 Å². The van der Waals surface area contributed by atoms with Crippen molar-refractivity contribution in [2.75, 3.05) is 0 Å². The molecule has 2 saturated carbocycles. The van der Waals surface area contributed by atoms with Gasteiger partial charge in [-0.15, -0.1) is 0 Å². The molecule has 0 aromatic rings. The largest absolute Gasteiger partial charge is 0.392 e. The van der Waals surface area contributed by atoms with Gasteiger partial charge in [-0.3, -0.25) is 4.79 Å². The topological polar surface area (TPSA) is 73.1 Å². The van der Waals surface area contributed by atoms with Gasteiger partial charge in [-0.1, -0.05) is 19.3 Å². The van der Waals surface area contributed by atoms with E-state index in [0.29, 0.717) is 6.42 Å². The van der Waals surface area contributed by atoms with Gasteiger partial charge in [0.1, 0.15) is 5.54 Å². The quantitative estimate of drug-likeness (QED) is 0.763. The first kappa shape index (κ1) is 12.4. The first-order valence-corrected chi connectivity index (χ1v) is 6.58. The van der Waals surface area contributed by atoms with Gasteiger partial charge in [0.05, 0.1) is 18.1 Å². The summed E-state index contributed by atoms with van der Waals surface area (Å²) >= 11 is 0. The number of hydrogen-bond donors (Lipinski definition) is 2. The smallest absolute Gasteiger partial charge is 0.226 e. The van der Waals surface area contributed by atoms with Crippen LogP contribution in [0.2, 0.25) is 0 Å². The molecule has 2 aliphatic rings. The Hall–Kier alpha value is -1.08. The molecule has 2 aliphatic carbocycles. The van der Waals surface area contributed by atoms with E-state index in [-0.39, 0.29) is 11.8 Å². The number of nitriles is 1. The van der Waals surface area contributed by atoms with E-state index in [1.54, 1.807) is 0 Å². The molecule has 4 nitrogen and oxygen atoms in total. The fraction of sp³-hybridized carbons (Fsp3) is 0.846. The molecule has 4 heteroatoms. The number of nitrogens with one attached hydrogen (secondary N) is 1. The predicted octanol–water partition coefficient (Wildman–Crippen LogP) is 1.49. The summed E-state index contributed by atoms with van der Waals surface area (Å²) in [6, 6.07) is 2.27. The normalized spacial score (nSPS) is 31.8. The Morgan fingerprint density at radius 2 is 1.94 bits per heavy atom. The Morgan fingerprint density at radius 1 is 1.24 bits per heavy atom. The van der Waals surface area contributed by atoms with Crippen LogP contribution >= 0.6 is 0 Å². The van der Waals surface area contributed by atoms with E-state index in [9.17, 15) is 15.2 Å². The highest BCUT2D eigenvalue weighted by molar-refractivity contribution is 5.80. The highest BCUT2D eigenvalue weighted by atomic mass is 16.3. The third-order valence-corrected chi connectivity index (χ3v) is 4.10. The van der Waals surface area contributed by atoms with Crippen molar-refractivity contribution in [1.82, 2.24) is 5.32 Å². The minimum atomic E-state index is -0.669. The van der Waals surface area contributed by atoms with Crippen LogP contribution in [0, 0.1) is 17.2 Å². The summed E-state index contributed by atoms with van der Waals surface area (Å²) < 4.78 is 0. The first-order valence-electron chi connectivity index (χ1n) is 6.58. The minimum absolute atomic E-state index is 0.126. The highest BCUT2D eigenvalue weighted by Gasteiger charge is 2.38. The molecule has 0 heterocycles. The molecule has 0 aromatic heterocycles. The second-order valence-corrected chi connectivity index (χ2v) is 5.35. The molecule has 2 N–H and O–H groups in total. The Kier molecular flexibility index (Phi) is 3.68. The standard InChI is InChI=1S/C13H20N2O2/c14-9-13(7-2-1-3-8-13)15-12(17)10-5-4-6-11(10)16/h10-11,16H,1-8H2,(H,15,17). The molecule has 0 aromatic carbocycles. The maximum absolute atomic E-state index is 12.1. The molecular formula is C13H20N2O2. The van der Waals surface area contributed by atoms with Crippen LogP contribution in [0.3, 0.4) is 0 Å². The molecule has 0 radical (unpaired) electrons. The van der Waals surface area contributed by atoms with Gasteiger partial charge < -0.3 is 10.4 Å². The van der Waals surface area contributed by atoms with Crippen LogP contribution in [0.25, 0.3) is 0 Å². The zero-order chi connectivity index (χ0) is 12.3. The van der Waals surface area contributed by atoms with Crippen molar-refractivity contribution >= 4 is 5.91 Å². The fourth-order valence-corrected chi connectivity index (χ4v) is 2.99. The lowest BCUT2D eigenvalue weighted by Crippen LogP contribution is -2.51. The van der Waals surface area contributed by atoms with Crippen LogP contribution in [0.5, 0.6) is 0 Å². The molecule has 0 saturated heterocycles. The molecule has 94 valence electrons. The van der Waals surface area contributed by atoms with Crippen molar-refractivity contribution in [3.63, 3.8) is 0 Å². The molecule has 2 rings (SSSR count). The third kappa shape index (κ3) is 2.61. The van der Waals surface area contributed by atoms with Crippen molar-refractivity contribution in [1.29, 1.82) is 5.26 Å². The summed E-state index contributed by atoms with van der Waals surface area (Å²) in [7, 11) is 0. The Morgan fingerprint density at radius 3 is 2.47 bits per heavy atom. The Bertz CT molecular complexity index is 329. The number of carbonyl (C=O) groups excluding carboxylic acids is 1. The van der Waals surface area contributed by atoms with Crippen molar-refractivity contribution in [3.8, 4) is 6.07 Å². The van der Waals surface area contributed by atoms with Crippen molar-refractivity contribution in [3.05, 3.63) is 0 Å². The average Bonchev–Trinajstić information content (AvgIpc) is 2.77. The molecule has 1 amide bonds. The SMILES string of the molecule is N#CC1(NC(=O)C2CCCC2O)CCCCC1. The minimum Gasteiger partial charge on any atom is -0.392 e. The Labute approximate surface area is 102 Å². The number of nitrogens with zero attached hydrogens (tertiary/aromatic N) is 1. The molecular weight excluding hydrogens is 216 g/mol. The Balaban J connectivity index is 1.99. The zero-order valence-electron chi connectivity index (χ0n) is 10.1. The summed E-state index contributed by atoms with van der Waals surface area (Å²) in [6.45, 7) is 0. The van der Waals surface area contributed by atoms with E-state index < -0.39 is 11.6 Å². The summed E-state index contributed by atoms with van der Waals surface area (Å²) in [4.78, 5) is 12.1. The van der Waals surface area contributed by atoms with Gasteiger partial charge >= 0.3 is 0 Å². The molecule has 0 aliphatic heterocycles. The van der Waals surface area contributed by atoms with Gasteiger partial charge in [-0.2, -0.15) is 5.26 Å². The summed E-state index contributed by atoms with van der Waals surface area (Å²) in [5.41, 5.74) is -0.669. The van der Waals surface area contributed by atoms with E-state index in [1.807, 2.05) is 0 Å². The van der Waals surface area contributed by atoms with Gasteiger partial charge in [-0.25, -0.2) is 0 Å². The van der Waals surface area contributed by atoms with Gasteiger partial charge in [0.2, 0.25) is 5.91 Å². The van der Waals surface area contributed by atoms with Crippen LogP contribution in [0.4, 0.5) is 0 Å². The molecule has 0 spiro atoms. The van der Waals surface area contributed by atoms with Crippen LogP contribution in [-0.2, 0) is 4.79 Å². The number of aliphatic hydroxyl groups excluding tert-OH is 1. The number of aliphatic hydroxyl groups is 1. The molecule has 2 fully saturated rings. The number of amides is 1. The monoisotopic (exact) mass is 236 g/mol.